The van der Waals surface area contributed by atoms with Crippen molar-refractivity contribution in [1.29, 1.82) is 0 Å². The minimum atomic E-state index is 0.198. The lowest BCUT2D eigenvalue weighted by Gasteiger charge is -2.36. The molecule has 0 spiro atoms. The second-order valence-electron chi connectivity index (χ2n) is 5.24. The van der Waals surface area contributed by atoms with Crippen molar-refractivity contribution >= 4 is 33.2 Å². The smallest absolute Gasteiger partial charge is 0.0838 e. The van der Waals surface area contributed by atoms with Gasteiger partial charge in [-0.15, -0.1) is 0 Å². The third-order valence-electron chi connectivity index (χ3n) is 4.08. The molecule has 2 nitrogen and oxygen atoms in total. The van der Waals surface area contributed by atoms with Crippen molar-refractivity contribution in [2.45, 2.75) is 6.04 Å². The topological polar surface area (TPSA) is 15.6 Å². The highest BCUT2D eigenvalue weighted by molar-refractivity contribution is 9.12. The van der Waals surface area contributed by atoms with E-state index >= 15 is 0 Å². The lowest BCUT2D eigenvalue weighted by molar-refractivity contribution is 0.365. The Labute approximate surface area is 131 Å². The van der Waals surface area contributed by atoms with Gasteiger partial charge in [0, 0.05) is 11.5 Å². The Morgan fingerprint density at radius 1 is 1.30 bits per heavy atom. The van der Waals surface area contributed by atoms with Gasteiger partial charge in [-0.2, -0.15) is 0 Å². The van der Waals surface area contributed by atoms with Gasteiger partial charge in [-0.3, -0.25) is 4.99 Å². The highest BCUT2D eigenvalue weighted by Crippen LogP contribution is 2.42. The van der Waals surface area contributed by atoms with Crippen LogP contribution in [0.5, 0.6) is 0 Å². The van der Waals surface area contributed by atoms with Gasteiger partial charge in [-0.05, 0) is 33.7 Å². The summed E-state index contributed by atoms with van der Waals surface area (Å²) in [5.74, 6) is 0.198. The SMILES string of the molecule is CN1C2=C(C=C3C=CC=CC31)N=C1C=C(Cl)C(Br)=CC12. The highest BCUT2D eigenvalue weighted by atomic mass is 79.9. The molecule has 0 saturated heterocycles. The maximum atomic E-state index is 6.18. The Hall–Kier alpha value is -1.32. The molecule has 0 bridgehead atoms. The van der Waals surface area contributed by atoms with Crippen molar-refractivity contribution in [3.8, 4) is 0 Å². The van der Waals surface area contributed by atoms with Crippen LogP contribution in [0.2, 0.25) is 0 Å². The van der Waals surface area contributed by atoms with Gasteiger partial charge in [0.2, 0.25) is 0 Å². The number of halogens is 2. The molecule has 2 heterocycles. The van der Waals surface area contributed by atoms with Crippen LogP contribution < -0.4 is 0 Å². The van der Waals surface area contributed by atoms with E-state index in [1.54, 1.807) is 0 Å². The average molecular weight is 348 g/mol. The molecule has 4 aliphatic rings. The van der Waals surface area contributed by atoms with E-state index in [0.717, 1.165) is 15.9 Å². The number of allylic oxidation sites excluding steroid dienone is 7. The summed E-state index contributed by atoms with van der Waals surface area (Å²) in [4.78, 5) is 7.07. The summed E-state index contributed by atoms with van der Waals surface area (Å²) in [6, 6.07) is 0.307. The van der Waals surface area contributed by atoms with Crippen molar-refractivity contribution in [2.24, 2.45) is 10.9 Å². The van der Waals surface area contributed by atoms with Crippen LogP contribution in [0, 0.1) is 5.92 Å². The first kappa shape index (κ1) is 12.4. The zero-order valence-corrected chi connectivity index (χ0v) is 13.2. The van der Waals surface area contributed by atoms with Crippen molar-refractivity contribution in [2.75, 3.05) is 7.05 Å². The first-order chi connectivity index (χ1) is 9.65. The van der Waals surface area contributed by atoms with Gasteiger partial charge in [0.25, 0.3) is 0 Å². The molecule has 20 heavy (non-hydrogen) atoms. The van der Waals surface area contributed by atoms with Crippen LogP contribution in [0.25, 0.3) is 0 Å². The third-order valence-corrected chi connectivity index (χ3v) is 5.31. The van der Waals surface area contributed by atoms with Crippen LogP contribution in [-0.4, -0.2) is 23.7 Å². The van der Waals surface area contributed by atoms with Gasteiger partial charge in [0.15, 0.2) is 0 Å². The van der Waals surface area contributed by atoms with E-state index in [1.165, 1.54) is 11.3 Å². The van der Waals surface area contributed by atoms with Crippen molar-refractivity contribution in [3.63, 3.8) is 0 Å². The molecule has 2 atom stereocenters. The van der Waals surface area contributed by atoms with Crippen LogP contribution in [0.15, 0.2) is 74.0 Å². The average Bonchev–Trinajstić information content (AvgIpc) is 2.77. The van der Waals surface area contributed by atoms with Gasteiger partial charge >= 0.3 is 0 Å². The Morgan fingerprint density at radius 3 is 3.00 bits per heavy atom. The summed E-state index contributed by atoms with van der Waals surface area (Å²) in [7, 11) is 2.14. The second-order valence-corrected chi connectivity index (χ2v) is 6.50. The molecule has 0 amide bonds. The van der Waals surface area contributed by atoms with E-state index in [-0.39, 0.29) is 5.92 Å². The summed E-state index contributed by atoms with van der Waals surface area (Å²) in [5.41, 5.74) is 4.62. The molecule has 2 unspecified atom stereocenters. The van der Waals surface area contributed by atoms with E-state index in [9.17, 15) is 0 Å². The van der Waals surface area contributed by atoms with Crippen LogP contribution >= 0.6 is 27.5 Å². The predicted octanol–water partition coefficient (Wildman–Crippen LogP) is 4.05. The molecule has 2 aliphatic heterocycles. The Balaban J connectivity index is 1.84. The predicted molar refractivity (Wildman–Crippen MR) is 86.8 cm³/mol. The van der Waals surface area contributed by atoms with Crippen LogP contribution in [-0.2, 0) is 0 Å². The molecular weight excluding hydrogens is 336 g/mol. The number of aliphatic imine (C=N–C) groups is 1. The molecule has 0 radical (unpaired) electrons. The normalized spacial score (nSPS) is 30.2. The van der Waals surface area contributed by atoms with Crippen LogP contribution in [0.3, 0.4) is 0 Å². The zero-order valence-electron chi connectivity index (χ0n) is 10.8. The lowest BCUT2D eigenvalue weighted by atomic mass is 9.89. The fourth-order valence-corrected chi connectivity index (χ4v) is 3.68. The van der Waals surface area contributed by atoms with Crippen molar-refractivity contribution in [1.82, 2.24) is 4.90 Å². The Bertz CT molecular complexity index is 719. The minimum Gasteiger partial charge on any atom is -0.365 e. The molecule has 0 N–H and O–H groups in total. The second kappa shape index (κ2) is 4.34. The first-order valence-electron chi connectivity index (χ1n) is 6.52. The largest absolute Gasteiger partial charge is 0.365 e. The van der Waals surface area contributed by atoms with Crippen LogP contribution in [0.4, 0.5) is 0 Å². The number of fused-ring (bicyclic) bond motifs is 3. The summed E-state index contributed by atoms with van der Waals surface area (Å²) in [5, 5.41) is 0.715. The maximum absolute atomic E-state index is 6.18. The van der Waals surface area contributed by atoms with Gasteiger partial charge in [-0.1, -0.05) is 42.0 Å². The highest BCUT2D eigenvalue weighted by Gasteiger charge is 2.37. The van der Waals surface area contributed by atoms with Gasteiger partial charge < -0.3 is 4.90 Å². The summed E-state index contributed by atoms with van der Waals surface area (Å²) in [6.45, 7) is 0. The summed E-state index contributed by atoms with van der Waals surface area (Å²) < 4.78 is 0.944. The van der Waals surface area contributed by atoms with Crippen LogP contribution in [0.1, 0.15) is 0 Å². The van der Waals surface area contributed by atoms with Gasteiger partial charge in [0.1, 0.15) is 0 Å². The third kappa shape index (κ3) is 1.66. The van der Waals surface area contributed by atoms with E-state index in [1.807, 2.05) is 6.08 Å². The first-order valence-corrected chi connectivity index (χ1v) is 7.69. The molecule has 0 aromatic carbocycles. The molecule has 4 rings (SSSR count). The fourth-order valence-electron chi connectivity index (χ4n) is 3.12. The Morgan fingerprint density at radius 2 is 2.15 bits per heavy atom. The maximum Gasteiger partial charge on any atom is 0.0838 e. The number of likely N-dealkylation sites (N-methyl/N-ethyl adjacent to an activating group) is 1. The van der Waals surface area contributed by atoms with E-state index in [0.29, 0.717) is 11.1 Å². The number of nitrogens with zero attached hydrogens (tertiary/aromatic N) is 2. The quantitative estimate of drug-likeness (QED) is 0.645. The summed E-state index contributed by atoms with van der Waals surface area (Å²) >= 11 is 9.70. The molecule has 0 saturated carbocycles. The zero-order chi connectivity index (χ0) is 13.9. The number of hydrogen-bond acceptors (Lipinski definition) is 2. The van der Waals surface area contributed by atoms with Crippen molar-refractivity contribution < 1.29 is 0 Å². The van der Waals surface area contributed by atoms with E-state index in [2.05, 4.69) is 64.3 Å². The molecule has 4 heteroatoms. The molecule has 0 fully saturated rings. The number of hydrogen-bond donors (Lipinski definition) is 0. The number of rotatable bonds is 0. The minimum absolute atomic E-state index is 0.198. The van der Waals surface area contributed by atoms with Gasteiger partial charge in [-0.25, -0.2) is 0 Å². The Kier molecular flexibility index (Phi) is 2.69. The van der Waals surface area contributed by atoms with Crippen molar-refractivity contribution in [3.05, 3.63) is 69.0 Å². The molecule has 0 aromatic heterocycles. The monoisotopic (exact) mass is 346 g/mol. The summed E-state index contributed by atoms with van der Waals surface area (Å²) in [6.07, 6.45) is 14.8. The molecule has 0 aromatic rings. The van der Waals surface area contributed by atoms with E-state index < -0.39 is 0 Å². The molecular formula is C16H12BrClN2. The van der Waals surface area contributed by atoms with E-state index in [4.69, 9.17) is 16.6 Å². The lowest BCUT2D eigenvalue weighted by Crippen LogP contribution is -2.37. The molecule has 2 aliphatic carbocycles. The fraction of sp³-hybridized carbons (Fsp3) is 0.188. The van der Waals surface area contributed by atoms with Gasteiger partial charge in [0.05, 0.1) is 34.1 Å². The standard InChI is InChI=1S/C16H12BrClN2/c1-20-15-5-3-2-4-9(15)6-14-16(20)10-7-11(17)12(18)8-13(10)19-14/h2-8,10,15H,1H3. The molecule has 100 valence electrons.